The molecule has 0 spiro atoms. The molecule has 4 heterocycles. The van der Waals surface area contributed by atoms with Crippen LogP contribution in [0.2, 0.25) is 0 Å². The molecule has 4 rings (SSSR count). The number of aliphatic hydroxyl groups is 2. The van der Waals surface area contributed by atoms with Gasteiger partial charge in [-0.25, -0.2) is 0 Å². The van der Waals surface area contributed by atoms with Crippen LogP contribution in [0.1, 0.15) is 40.5 Å². The van der Waals surface area contributed by atoms with Crippen molar-refractivity contribution < 1.29 is 34.0 Å². The minimum atomic E-state index is -1.70. The van der Waals surface area contributed by atoms with Crippen molar-refractivity contribution in [3.8, 4) is 0 Å². The number of esters is 1. The first-order valence-corrected chi connectivity index (χ1v) is 9.49. The molecule has 7 nitrogen and oxygen atoms in total. The Labute approximate surface area is 158 Å². The van der Waals surface area contributed by atoms with Crippen LogP contribution in [0, 0.1) is 17.3 Å². The summed E-state index contributed by atoms with van der Waals surface area (Å²) < 4.78 is 17.7. The first-order chi connectivity index (χ1) is 12.6. The minimum Gasteiger partial charge on any atom is -0.479 e. The van der Waals surface area contributed by atoms with Crippen LogP contribution in [0.4, 0.5) is 0 Å². The molecule has 0 aromatic heterocycles. The van der Waals surface area contributed by atoms with E-state index in [0.29, 0.717) is 17.8 Å². The van der Waals surface area contributed by atoms with Crippen LogP contribution in [-0.4, -0.2) is 52.2 Å². The monoisotopic (exact) mass is 378 g/mol. The highest BCUT2D eigenvalue weighted by molar-refractivity contribution is 6.00. The largest absolute Gasteiger partial charge is 0.479 e. The van der Waals surface area contributed by atoms with Crippen LogP contribution in [0.25, 0.3) is 0 Å². The molecule has 4 aliphatic heterocycles. The molecule has 0 radical (unpaired) electrons. The lowest BCUT2D eigenvalue weighted by atomic mass is 9.66. The van der Waals surface area contributed by atoms with Crippen molar-refractivity contribution in [3.05, 3.63) is 23.5 Å². The maximum absolute atomic E-state index is 12.9. The van der Waals surface area contributed by atoms with Crippen LogP contribution in [-0.2, 0) is 23.8 Å². The molecule has 0 amide bonds. The van der Waals surface area contributed by atoms with Gasteiger partial charge in [-0.2, -0.15) is 0 Å². The summed E-state index contributed by atoms with van der Waals surface area (Å²) in [5.74, 6) is -2.94. The van der Waals surface area contributed by atoms with Gasteiger partial charge in [-0.05, 0) is 26.3 Å². The molecule has 0 saturated carbocycles. The molecule has 0 aromatic rings. The predicted octanol–water partition coefficient (Wildman–Crippen LogP) is 1.23. The fraction of sp³-hybridized carbons (Fsp3) is 0.700. The molecule has 2 N–H and O–H groups in total. The first-order valence-electron chi connectivity index (χ1n) is 9.49. The zero-order chi connectivity index (χ0) is 19.8. The van der Waals surface area contributed by atoms with E-state index in [4.69, 9.17) is 14.2 Å². The lowest BCUT2D eigenvalue weighted by Crippen LogP contribution is -2.53. The van der Waals surface area contributed by atoms with Crippen molar-refractivity contribution in [2.75, 3.05) is 6.61 Å². The van der Waals surface area contributed by atoms with Crippen molar-refractivity contribution >= 4 is 11.8 Å². The number of rotatable bonds is 3. The summed E-state index contributed by atoms with van der Waals surface area (Å²) in [4.78, 5) is 25.5. The van der Waals surface area contributed by atoms with E-state index in [1.54, 1.807) is 19.9 Å². The highest BCUT2D eigenvalue weighted by Crippen LogP contribution is 2.61. The van der Waals surface area contributed by atoms with E-state index >= 15 is 0 Å². The van der Waals surface area contributed by atoms with E-state index in [1.807, 2.05) is 13.8 Å². The number of carbonyl (C=O) groups excluding carboxylic acids is 2. The molecular weight excluding hydrogens is 352 g/mol. The third kappa shape index (κ3) is 2.19. The fourth-order valence-corrected chi connectivity index (χ4v) is 5.08. The number of ketones is 1. The van der Waals surface area contributed by atoms with Gasteiger partial charge in [0.1, 0.15) is 17.3 Å². The molecule has 4 aliphatic rings. The van der Waals surface area contributed by atoms with Gasteiger partial charge in [-0.3, -0.25) is 9.59 Å². The topological polar surface area (TPSA) is 102 Å². The average molecular weight is 378 g/mol. The molecule has 0 aromatic carbocycles. The van der Waals surface area contributed by atoms with Gasteiger partial charge in [0.15, 0.2) is 11.4 Å². The fourth-order valence-electron chi connectivity index (χ4n) is 5.08. The van der Waals surface area contributed by atoms with E-state index in [9.17, 15) is 19.8 Å². The summed E-state index contributed by atoms with van der Waals surface area (Å²) in [6.07, 6.45) is 2.51. The molecule has 2 unspecified atom stereocenters. The van der Waals surface area contributed by atoms with Gasteiger partial charge in [0.05, 0.1) is 12.7 Å². The average Bonchev–Trinajstić information content (AvgIpc) is 3.14. The predicted molar refractivity (Wildman–Crippen MR) is 93.1 cm³/mol. The van der Waals surface area contributed by atoms with Gasteiger partial charge in [0.25, 0.3) is 0 Å². The molecule has 7 atom stereocenters. The molecule has 148 valence electrons. The van der Waals surface area contributed by atoms with Crippen LogP contribution in [0.3, 0.4) is 0 Å². The Morgan fingerprint density at radius 3 is 2.67 bits per heavy atom. The lowest BCUT2D eigenvalue weighted by molar-refractivity contribution is -0.267. The second kappa shape index (κ2) is 5.65. The number of ether oxygens (including phenoxy) is 3. The molecule has 2 saturated heterocycles. The third-order valence-corrected chi connectivity index (χ3v) is 7.01. The van der Waals surface area contributed by atoms with Crippen LogP contribution >= 0.6 is 0 Å². The van der Waals surface area contributed by atoms with Crippen molar-refractivity contribution in [2.24, 2.45) is 17.3 Å². The third-order valence-electron chi connectivity index (χ3n) is 7.01. The maximum atomic E-state index is 12.9. The zero-order valence-corrected chi connectivity index (χ0v) is 16.0. The summed E-state index contributed by atoms with van der Waals surface area (Å²) in [6.45, 7) is 6.76. The van der Waals surface area contributed by atoms with E-state index in [1.165, 1.54) is 6.08 Å². The van der Waals surface area contributed by atoms with Crippen molar-refractivity contribution in [3.63, 3.8) is 0 Å². The Kier molecular flexibility index (Phi) is 3.91. The highest BCUT2D eigenvalue weighted by atomic mass is 16.7. The summed E-state index contributed by atoms with van der Waals surface area (Å²) >= 11 is 0. The summed E-state index contributed by atoms with van der Waals surface area (Å²) in [5.41, 5.74) is -2.04. The van der Waals surface area contributed by atoms with Crippen molar-refractivity contribution in [1.29, 1.82) is 0 Å². The molecular formula is C20H26O7. The Morgan fingerprint density at radius 1 is 1.33 bits per heavy atom. The molecule has 0 aliphatic carbocycles. The SMILES string of the molecule is CC[C@@H](C)[C@@]1(O)OC2C[C@@]3(C)OC(=CC3=O)C(CO)=C[C@H]3OC(=O)[C@@]1(C)C23. The number of hydrogen-bond acceptors (Lipinski definition) is 7. The Balaban J connectivity index is 1.88. The standard InChI is InChI=1S/C20H26O7/c1-5-10(2)20(24)19(4)16-13(25-17(19)23)6-11(9-21)12-7-15(22)18(3,26-12)8-14(16)27-20/h6-7,10,13-14,16,21,24H,5,8-9H2,1-4H3/t10-,13-,14?,16?,18-,19-,20-/m1/s1. The van der Waals surface area contributed by atoms with Gasteiger partial charge < -0.3 is 24.4 Å². The summed E-state index contributed by atoms with van der Waals surface area (Å²) in [7, 11) is 0. The van der Waals surface area contributed by atoms with Gasteiger partial charge in [-0.1, -0.05) is 13.8 Å². The van der Waals surface area contributed by atoms with Crippen LogP contribution in [0.5, 0.6) is 0 Å². The Bertz CT molecular complexity index is 770. The second-order valence-corrected chi connectivity index (χ2v) is 8.52. The lowest BCUT2D eigenvalue weighted by Gasteiger charge is -2.38. The van der Waals surface area contributed by atoms with Crippen LogP contribution in [0.15, 0.2) is 23.5 Å². The maximum Gasteiger partial charge on any atom is 0.318 e. The van der Waals surface area contributed by atoms with Crippen molar-refractivity contribution in [1.82, 2.24) is 0 Å². The number of aliphatic hydroxyl groups excluding tert-OH is 1. The quantitative estimate of drug-likeness (QED) is 0.712. The number of carbonyl (C=O) groups is 2. The van der Waals surface area contributed by atoms with Crippen LogP contribution < -0.4 is 0 Å². The smallest absolute Gasteiger partial charge is 0.318 e. The molecule has 27 heavy (non-hydrogen) atoms. The normalized spacial score (nSPS) is 46.5. The second-order valence-electron chi connectivity index (χ2n) is 8.52. The van der Waals surface area contributed by atoms with Crippen molar-refractivity contribution in [2.45, 2.75) is 64.1 Å². The number of hydrogen-bond donors (Lipinski definition) is 2. The number of fused-ring (bicyclic) bond motifs is 2. The molecule has 2 fully saturated rings. The molecule has 7 heteroatoms. The first kappa shape index (κ1) is 18.7. The van der Waals surface area contributed by atoms with Gasteiger partial charge in [0.2, 0.25) is 5.78 Å². The molecule has 2 bridgehead atoms. The summed E-state index contributed by atoms with van der Waals surface area (Å²) in [5, 5.41) is 21.3. The Morgan fingerprint density at radius 2 is 2.04 bits per heavy atom. The van der Waals surface area contributed by atoms with E-state index in [0.717, 1.165) is 0 Å². The van der Waals surface area contributed by atoms with Gasteiger partial charge >= 0.3 is 5.97 Å². The van der Waals surface area contributed by atoms with Gasteiger partial charge in [0, 0.05) is 29.9 Å². The Hall–Kier alpha value is -1.70. The van der Waals surface area contributed by atoms with E-state index in [-0.39, 0.29) is 24.7 Å². The minimum absolute atomic E-state index is 0.185. The van der Waals surface area contributed by atoms with Gasteiger partial charge in [-0.15, -0.1) is 0 Å². The van der Waals surface area contributed by atoms with E-state index < -0.39 is 40.9 Å². The summed E-state index contributed by atoms with van der Waals surface area (Å²) in [6, 6.07) is 0. The van der Waals surface area contributed by atoms with E-state index in [2.05, 4.69) is 0 Å². The zero-order valence-electron chi connectivity index (χ0n) is 16.0. The highest BCUT2D eigenvalue weighted by Gasteiger charge is 2.75.